The summed E-state index contributed by atoms with van der Waals surface area (Å²) in [5.74, 6) is 1.74. The standard InChI is InChI=1S/C11H16N4O2S/c16-6-9-12-10(18-14-9)13-11(17)15-4-7-2-1-3-8(7)5-15/h7-8,16H,1-6H2,(H,12,13,14,17)/t7-,8+. The van der Waals surface area contributed by atoms with Crippen molar-refractivity contribution in [3.05, 3.63) is 5.82 Å². The summed E-state index contributed by atoms with van der Waals surface area (Å²) in [4.78, 5) is 17.9. The molecule has 0 spiro atoms. The lowest BCUT2D eigenvalue weighted by molar-refractivity contribution is 0.219. The van der Waals surface area contributed by atoms with Gasteiger partial charge in [0, 0.05) is 24.6 Å². The molecule has 18 heavy (non-hydrogen) atoms. The van der Waals surface area contributed by atoms with Crippen LogP contribution >= 0.6 is 11.5 Å². The van der Waals surface area contributed by atoms with E-state index < -0.39 is 0 Å². The molecule has 1 aliphatic carbocycles. The molecule has 2 amide bonds. The number of nitrogens with zero attached hydrogens (tertiary/aromatic N) is 3. The lowest BCUT2D eigenvalue weighted by atomic mass is 10.0. The van der Waals surface area contributed by atoms with E-state index in [0.29, 0.717) is 22.8 Å². The number of aromatic nitrogens is 2. The maximum Gasteiger partial charge on any atom is 0.323 e. The van der Waals surface area contributed by atoms with Crippen LogP contribution in [-0.4, -0.2) is 38.5 Å². The van der Waals surface area contributed by atoms with Gasteiger partial charge in [-0.25, -0.2) is 9.78 Å². The first-order valence-electron chi connectivity index (χ1n) is 6.25. The number of likely N-dealkylation sites (tertiary alicyclic amines) is 1. The van der Waals surface area contributed by atoms with Crippen LogP contribution in [0.15, 0.2) is 0 Å². The van der Waals surface area contributed by atoms with E-state index in [1.807, 2.05) is 4.90 Å². The Hall–Kier alpha value is -1.21. The number of carbonyl (C=O) groups is 1. The molecule has 2 fully saturated rings. The largest absolute Gasteiger partial charge is 0.388 e. The molecule has 6 nitrogen and oxygen atoms in total. The fraction of sp³-hybridized carbons (Fsp3) is 0.727. The second-order valence-corrected chi connectivity index (χ2v) is 5.71. The fourth-order valence-electron chi connectivity index (χ4n) is 2.94. The van der Waals surface area contributed by atoms with Crippen molar-refractivity contribution in [1.29, 1.82) is 0 Å². The maximum atomic E-state index is 12.0. The molecule has 2 heterocycles. The zero-order valence-electron chi connectivity index (χ0n) is 10.0. The number of fused-ring (bicyclic) bond motifs is 1. The SMILES string of the molecule is O=C(Nc1nc(CO)ns1)N1C[C@H]2CCC[C@H]2C1. The maximum absolute atomic E-state index is 12.0. The van der Waals surface area contributed by atoms with Gasteiger partial charge in [-0.05, 0) is 24.7 Å². The number of aliphatic hydroxyl groups excluding tert-OH is 1. The van der Waals surface area contributed by atoms with Crippen molar-refractivity contribution in [2.45, 2.75) is 25.9 Å². The molecule has 0 aromatic carbocycles. The van der Waals surface area contributed by atoms with Gasteiger partial charge < -0.3 is 10.0 Å². The van der Waals surface area contributed by atoms with Crippen molar-refractivity contribution in [3.8, 4) is 0 Å². The van der Waals surface area contributed by atoms with Crippen molar-refractivity contribution in [2.24, 2.45) is 11.8 Å². The second kappa shape index (κ2) is 4.81. The molecule has 2 atom stereocenters. The van der Waals surface area contributed by atoms with Gasteiger partial charge in [0.2, 0.25) is 5.13 Å². The van der Waals surface area contributed by atoms with E-state index >= 15 is 0 Å². The Morgan fingerprint density at radius 2 is 2.17 bits per heavy atom. The summed E-state index contributed by atoms with van der Waals surface area (Å²) < 4.78 is 3.92. The lowest BCUT2D eigenvalue weighted by Crippen LogP contribution is -2.33. The normalized spacial score (nSPS) is 26.4. The molecular weight excluding hydrogens is 252 g/mol. The van der Waals surface area contributed by atoms with E-state index in [1.165, 1.54) is 19.3 Å². The summed E-state index contributed by atoms with van der Waals surface area (Å²) in [5.41, 5.74) is 0. The minimum Gasteiger partial charge on any atom is -0.388 e. The van der Waals surface area contributed by atoms with Gasteiger partial charge in [0.05, 0.1) is 0 Å². The highest BCUT2D eigenvalue weighted by molar-refractivity contribution is 7.09. The fourth-order valence-corrected chi connectivity index (χ4v) is 3.51. The zero-order chi connectivity index (χ0) is 12.5. The number of rotatable bonds is 2. The predicted molar refractivity (Wildman–Crippen MR) is 67.3 cm³/mol. The highest BCUT2D eigenvalue weighted by Gasteiger charge is 2.38. The molecule has 2 N–H and O–H groups in total. The molecule has 7 heteroatoms. The van der Waals surface area contributed by atoms with E-state index in [1.54, 1.807) is 0 Å². The lowest BCUT2D eigenvalue weighted by Gasteiger charge is -2.16. The van der Waals surface area contributed by atoms with Crippen molar-refractivity contribution in [2.75, 3.05) is 18.4 Å². The molecular formula is C11H16N4O2S. The molecule has 98 valence electrons. The number of urea groups is 1. The summed E-state index contributed by atoms with van der Waals surface area (Å²) in [6.07, 6.45) is 3.81. The van der Waals surface area contributed by atoms with Gasteiger partial charge in [-0.2, -0.15) is 4.37 Å². The van der Waals surface area contributed by atoms with Crippen LogP contribution in [0.1, 0.15) is 25.1 Å². The summed E-state index contributed by atoms with van der Waals surface area (Å²) in [5, 5.41) is 12.1. The van der Waals surface area contributed by atoms with Gasteiger partial charge in [-0.3, -0.25) is 5.32 Å². The van der Waals surface area contributed by atoms with Crippen LogP contribution in [-0.2, 0) is 6.61 Å². The summed E-state index contributed by atoms with van der Waals surface area (Å²) >= 11 is 1.10. The minimum absolute atomic E-state index is 0.0926. The Labute approximate surface area is 109 Å². The van der Waals surface area contributed by atoms with Crippen LogP contribution in [0, 0.1) is 11.8 Å². The van der Waals surface area contributed by atoms with Crippen LogP contribution in [0.2, 0.25) is 0 Å². The third-order valence-electron chi connectivity index (χ3n) is 3.84. The summed E-state index contributed by atoms with van der Waals surface area (Å²) in [7, 11) is 0. The average molecular weight is 268 g/mol. The summed E-state index contributed by atoms with van der Waals surface area (Å²) in [6, 6.07) is -0.0926. The van der Waals surface area contributed by atoms with E-state index in [4.69, 9.17) is 5.11 Å². The third kappa shape index (κ3) is 2.20. The Morgan fingerprint density at radius 3 is 2.78 bits per heavy atom. The molecule has 1 aromatic heterocycles. The number of hydrogen-bond donors (Lipinski definition) is 2. The van der Waals surface area contributed by atoms with Gasteiger partial charge >= 0.3 is 6.03 Å². The first kappa shape index (κ1) is 11.9. The second-order valence-electron chi connectivity index (χ2n) is 4.96. The number of nitrogens with one attached hydrogen (secondary N) is 1. The van der Waals surface area contributed by atoms with Crippen molar-refractivity contribution < 1.29 is 9.90 Å². The molecule has 1 saturated heterocycles. The molecule has 2 aliphatic rings. The Morgan fingerprint density at radius 1 is 1.44 bits per heavy atom. The van der Waals surface area contributed by atoms with Gasteiger partial charge in [0.15, 0.2) is 5.82 Å². The molecule has 0 bridgehead atoms. The predicted octanol–water partition coefficient (Wildman–Crippen LogP) is 1.29. The van der Waals surface area contributed by atoms with E-state index in [0.717, 1.165) is 24.6 Å². The highest BCUT2D eigenvalue weighted by atomic mass is 32.1. The quantitative estimate of drug-likeness (QED) is 0.847. The van der Waals surface area contributed by atoms with Crippen molar-refractivity contribution in [1.82, 2.24) is 14.3 Å². The number of aliphatic hydroxyl groups is 1. The number of carbonyl (C=O) groups excluding carboxylic acids is 1. The van der Waals surface area contributed by atoms with E-state index in [9.17, 15) is 4.79 Å². The smallest absolute Gasteiger partial charge is 0.323 e. The van der Waals surface area contributed by atoms with Gasteiger partial charge in [0.1, 0.15) is 6.61 Å². The Kier molecular flexibility index (Phi) is 3.17. The van der Waals surface area contributed by atoms with Gasteiger partial charge in [-0.1, -0.05) is 6.42 Å². The monoisotopic (exact) mass is 268 g/mol. The molecule has 1 aromatic rings. The highest BCUT2D eigenvalue weighted by Crippen LogP contribution is 2.37. The minimum atomic E-state index is -0.194. The van der Waals surface area contributed by atoms with Crippen molar-refractivity contribution in [3.63, 3.8) is 0 Å². The van der Waals surface area contributed by atoms with Gasteiger partial charge in [-0.15, -0.1) is 0 Å². The van der Waals surface area contributed by atoms with E-state index in [-0.39, 0.29) is 12.6 Å². The van der Waals surface area contributed by atoms with Crippen LogP contribution in [0.5, 0.6) is 0 Å². The van der Waals surface area contributed by atoms with Gasteiger partial charge in [0.25, 0.3) is 0 Å². The first-order chi connectivity index (χ1) is 8.76. The number of amides is 2. The molecule has 1 aliphatic heterocycles. The third-order valence-corrected chi connectivity index (χ3v) is 4.51. The van der Waals surface area contributed by atoms with Crippen LogP contribution in [0.3, 0.4) is 0 Å². The van der Waals surface area contributed by atoms with Crippen LogP contribution in [0.25, 0.3) is 0 Å². The molecule has 0 radical (unpaired) electrons. The molecule has 3 rings (SSSR count). The Bertz CT molecular complexity index is 438. The van der Waals surface area contributed by atoms with Crippen molar-refractivity contribution >= 4 is 22.7 Å². The average Bonchev–Trinajstić information content (AvgIpc) is 3.02. The molecule has 1 saturated carbocycles. The first-order valence-corrected chi connectivity index (χ1v) is 7.03. The topological polar surface area (TPSA) is 78.3 Å². The zero-order valence-corrected chi connectivity index (χ0v) is 10.8. The number of anilines is 1. The summed E-state index contributed by atoms with van der Waals surface area (Å²) in [6.45, 7) is 1.53. The number of hydrogen-bond acceptors (Lipinski definition) is 5. The van der Waals surface area contributed by atoms with E-state index in [2.05, 4.69) is 14.7 Å². The van der Waals surface area contributed by atoms with Crippen LogP contribution < -0.4 is 5.32 Å². The van der Waals surface area contributed by atoms with Crippen LogP contribution in [0.4, 0.5) is 9.93 Å². The Balaban J connectivity index is 1.58. The molecule has 0 unspecified atom stereocenters.